The molecule has 1 heterocycles. The molecule has 0 N–H and O–H groups in total. The van der Waals surface area contributed by atoms with Gasteiger partial charge >= 0.3 is 0 Å². The van der Waals surface area contributed by atoms with Crippen LogP contribution in [0.3, 0.4) is 0 Å². The van der Waals surface area contributed by atoms with E-state index in [1.165, 1.54) is 11.3 Å². The Bertz CT molecular complexity index is 527. The fourth-order valence-corrected chi connectivity index (χ4v) is 2.92. The predicted molar refractivity (Wildman–Crippen MR) is 63.8 cm³/mol. The minimum atomic E-state index is -0.233. The molecule has 1 aromatic heterocycles. The van der Waals surface area contributed by atoms with Gasteiger partial charge in [-0.05, 0) is 45.5 Å². The van der Waals surface area contributed by atoms with Crippen LogP contribution in [0.25, 0.3) is 10.1 Å². The van der Waals surface area contributed by atoms with E-state index in [4.69, 9.17) is 5.26 Å². The molecule has 70 valence electrons. The zero-order valence-electron chi connectivity index (χ0n) is 7.05. The molecule has 0 bridgehead atoms. The molecule has 0 atom stereocenters. The third-order valence-corrected chi connectivity index (χ3v) is 3.87. The molecule has 1 aromatic carbocycles. The second kappa shape index (κ2) is 3.83. The number of hydrogen-bond acceptors (Lipinski definition) is 2. The summed E-state index contributed by atoms with van der Waals surface area (Å²) in [6.07, 6.45) is 0.137. The van der Waals surface area contributed by atoms with Crippen LogP contribution in [0.5, 0.6) is 0 Å². The van der Waals surface area contributed by atoms with Crippen molar-refractivity contribution in [2.45, 2.75) is 6.42 Å². The summed E-state index contributed by atoms with van der Waals surface area (Å²) in [5.41, 5.74) is 0.517. The van der Waals surface area contributed by atoms with Gasteiger partial charge in [0.2, 0.25) is 0 Å². The fraction of sp³-hybridized carbons (Fsp3) is 0.100. The second-order valence-corrected chi connectivity index (χ2v) is 4.90. The van der Waals surface area contributed by atoms with E-state index in [9.17, 15) is 4.39 Å². The van der Waals surface area contributed by atoms with E-state index >= 15 is 0 Å². The van der Waals surface area contributed by atoms with Gasteiger partial charge in [-0.3, -0.25) is 0 Å². The van der Waals surface area contributed by atoms with Gasteiger partial charge in [0.25, 0.3) is 0 Å². The highest BCUT2D eigenvalue weighted by Gasteiger charge is 2.12. The van der Waals surface area contributed by atoms with Gasteiger partial charge in [-0.25, -0.2) is 4.39 Å². The van der Waals surface area contributed by atoms with Gasteiger partial charge in [-0.1, -0.05) is 0 Å². The van der Waals surface area contributed by atoms with Crippen molar-refractivity contribution in [3.05, 3.63) is 32.5 Å². The number of rotatable bonds is 1. The summed E-state index contributed by atoms with van der Waals surface area (Å²) < 4.78 is 15.3. The maximum atomic E-state index is 13.8. The van der Waals surface area contributed by atoms with Gasteiger partial charge in [0.05, 0.1) is 17.2 Å². The first-order valence-electron chi connectivity index (χ1n) is 3.95. The summed E-state index contributed by atoms with van der Waals surface area (Å²) in [5, 5.41) is 11.4. The zero-order chi connectivity index (χ0) is 10.1. The number of hydrogen-bond donors (Lipinski definition) is 0. The Morgan fingerprint density at radius 2 is 2.36 bits per heavy atom. The molecule has 14 heavy (non-hydrogen) atoms. The Morgan fingerprint density at radius 3 is 3.07 bits per heavy atom. The molecule has 0 fully saturated rings. The molecular weight excluding hydrogens is 312 g/mol. The monoisotopic (exact) mass is 317 g/mol. The second-order valence-electron chi connectivity index (χ2n) is 2.82. The molecule has 0 amide bonds. The summed E-state index contributed by atoms with van der Waals surface area (Å²) in [6.45, 7) is 0. The predicted octanol–water partition coefficient (Wildman–Crippen LogP) is 3.71. The number of halogens is 2. The summed E-state index contributed by atoms with van der Waals surface area (Å²) in [5.74, 6) is -0.233. The van der Waals surface area contributed by atoms with Crippen LogP contribution in [-0.2, 0) is 6.42 Å². The Labute approximate surface area is 98.3 Å². The van der Waals surface area contributed by atoms with E-state index in [1.54, 1.807) is 0 Å². The Morgan fingerprint density at radius 1 is 1.57 bits per heavy atom. The largest absolute Gasteiger partial charge is 0.205 e. The normalized spacial score (nSPS) is 10.4. The number of nitrogens with zero attached hydrogens (tertiary/aromatic N) is 1. The lowest BCUT2D eigenvalue weighted by molar-refractivity contribution is 0.628. The highest BCUT2D eigenvalue weighted by Crippen LogP contribution is 2.29. The molecule has 1 nitrogen and oxygen atoms in total. The highest BCUT2D eigenvalue weighted by atomic mass is 127. The molecule has 0 saturated heterocycles. The lowest BCUT2D eigenvalue weighted by Gasteiger charge is -2.02. The van der Waals surface area contributed by atoms with Crippen LogP contribution in [-0.4, -0.2) is 0 Å². The Kier molecular flexibility index (Phi) is 2.70. The molecular formula is C10H5FINS. The maximum absolute atomic E-state index is 13.8. The summed E-state index contributed by atoms with van der Waals surface area (Å²) in [6, 6.07) is 5.79. The molecule has 0 aliphatic heterocycles. The van der Waals surface area contributed by atoms with E-state index < -0.39 is 0 Å². The lowest BCUT2D eigenvalue weighted by atomic mass is 10.1. The van der Waals surface area contributed by atoms with Crippen molar-refractivity contribution in [1.82, 2.24) is 0 Å². The van der Waals surface area contributed by atoms with Gasteiger partial charge in [0, 0.05) is 9.13 Å². The summed E-state index contributed by atoms with van der Waals surface area (Å²) >= 11 is 3.44. The lowest BCUT2D eigenvalue weighted by Crippen LogP contribution is -1.93. The van der Waals surface area contributed by atoms with Crippen LogP contribution in [0.2, 0.25) is 0 Å². The SMILES string of the molecule is N#CCc1c(I)cc2ccsc2c1F. The van der Waals surface area contributed by atoms with Crippen molar-refractivity contribution in [1.29, 1.82) is 5.26 Å². The third kappa shape index (κ3) is 1.51. The first-order chi connectivity index (χ1) is 6.74. The number of benzene rings is 1. The maximum Gasteiger partial charge on any atom is 0.146 e. The van der Waals surface area contributed by atoms with Crippen molar-refractivity contribution >= 4 is 44.0 Å². The molecule has 4 heteroatoms. The van der Waals surface area contributed by atoms with E-state index in [0.29, 0.717) is 10.3 Å². The third-order valence-electron chi connectivity index (χ3n) is 1.99. The van der Waals surface area contributed by atoms with Crippen LogP contribution >= 0.6 is 33.9 Å². The van der Waals surface area contributed by atoms with Crippen LogP contribution in [0.15, 0.2) is 17.5 Å². The van der Waals surface area contributed by atoms with Crippen molar-refractivity contribution in [2.24, 2.45) is 0 Å². The highest BCUT2D eigenvalue weighted by molar-refractivity contribution is 14.1. The molecule has 0 aliphatic rings. The first kappa shape index (κ1) is 9.87. The number of fused-ring (bicyclic) bond motifs is 1. The number of thiophene rings is 1. The van der Waals surface area contributed by atoms with Gasteiger partial charge in [-0.2, -0.15) is 5.26 Å². The number of nitriles is 1. The van der Waals surface area contributed by atoms with E-state index in [2.05, 4.69) is 22.6 Å². The average molecular weight is 317 g/mol. The molecule has 2 rings (SSSR count). The molecule has 0 saturated carbocycles. The standard InChI is InChI=1S/C10H5FINS/c11-9-7(1-3-13)8(12)5-6-2-4-14-10(6)9/h2,4-5H,1H2. The van der Waals surface area contributed by atoms with E-state index in [0.717, 1.165) is 8.96 Å². The van der Waals surface area contributed by atoms with Crippen molar-refractivity contribution in [2.75, 3.05) is 0 Å². The van der Waals surface area contributed by atoms with Crippen molar-refractivity contribution < 1.29 is 4.39 Å². The Hall–Kier alpha value is -0.670. The minimum absolute atomic E-state index is 0.137. The van der Waals surface area contributed by atoms with Crippen molar-refractivity contribution in [3.8, 4) is 6.07 Å². The van der Waals surface area contributed by atoms with E-state index in [1.807, 2.05) is 23.6 Å². The van der Waals surface area contributed by atoms with Crippen LogP contribution in [0.4, 0.5) is 4.39 Å². The fourth-order valence-electron chi connectivity index (χ4n) is 1.32. The molecule has 0 spiro atoms. The van der Waals surface area contributed by atoms with Gasteiger partial charge in [0.1, 0.15) is 5.82 Å². The topological polar surface area (TPSA) is 23.8 Å². The average Bonchev–Trinajstić information content (AvgIpc) is 2.60. The van der Waals surface area contributed by atoms with E-state index in [-0.39, 0.29) is 12.2 Å². The summed E-state index contributed by atoms with van der Waals surface area (Å²) in [7, 11) is 0. The van der Waals surface area contributed by atoms with Gasteiger partial charge in [-0.15, -0.1) is 11.3 Å². The van der Waals surface area contributed by atoms with Crippen LogP contribution in [0.1, 0.15) is 5.56 Å². The van der Waals surface area contributed by atoms with Gasteiger partial charge < -0.3 is 0 Å². The van der Waals surface area contributed by atoms with Crippen LogP contribution < -0.4 is 0 Å². The molecule has 2 aromatic rings. The first-order valence-corrected chi connectivity index (χ1v) is 5.91. The van der Waals surface area contributed by atoms with Gasteiger partial charge in [0.15, 0.2) is 0 Å². The zero-order valence-corrected chi connectivity index (χ0v) is 10.0. The van der Waals surface area contributed by atoms with Crippen LogP contribution in [0, 0.1) is 20.7 Å². The molecule has 0 aliphatic carbocycles. The quantitative estimate of drug-likeness (QED) is 0.736. The molecule has 0 unspecified atom stereocenters. The minimum Gasteiger partial charge on any atom is -0.205 e. The smallest absolute Gasteiger partial charge is 0.146 e. The van der Waals surface area contributed by atoms with Crippen molar-refractivity contribution in [3.63, 3.8) is 0 Å². The Balaban J connectivity index is 2.77. The molecule has 0 radical (unpaired) electrons. The summed E-state index contributed by atoms with van der Waals surface area (Å²) in [4.78, 5) is 0.